The van der Waals surface area contributed by atoms with Gasteiger partial charge in [-0.3, -0.25) is 9.13 Å². The van der Waals surface area contributed by atoms with Gasteiger partial charge in [0.15, 0.2) is 0 Å². The molecular weight excluding hydrogens is 1370 g/mol. The average molecular weight is 1560 g/mol. The Kier molecular flexibility index (Phi) is 66.8. The fraction of sp³-hybridized carbons (Fsp3) is 1.00. The van der Waals surface area contributed by atoms with Crippen molar-refractivity contribution in [2.24, 2.45) is 59.2 Å². The van der Waals surface area contributed by atoms with Crippen LogP contribution in [0, 0.1) is 59.2 Å². The maximum atomic E-state index is 12.6. The number of quaternary nitrogens is 2. The predicted octanol–water partition coefficient (Wildman–Crippen LogP) is 25.5. The van der Waals surface area contributed by atoms with Crippen molar-refractivity contribution in [3.05, 3.63) is 0 Å². The zero-order chi connectivity index (χ0) is 79.1. The first kappa shape index (κ1) is 105. The van der Waals surface area contributed by atoms with E-state index in [1.54, 1.807) is 0 Å². The zero-order valence-corrected chi connectivity index (χ0v) is 76.0. The van der Waals surface area contributed by atoms with Gasteiger partial charge in [-0.25, -0.2) is 0 Å². The molecule has 0 N–H and O–H groups in total. The van der Waals surface area contributed by atoms with Crippen molar-refractivity contribution in [3.8, 4) is 0 Å². The van der Waals surface area contributed by atoms with Gasteiger partial charge in [-0.05, 0) is 91.3 Å². The monoisotopic (exact) mass is 1560 g/mol. The van der Waals surface area contributed by atoms with Gasteiger partial charge in [0.2, 0.25) is 0 Å². The number of nitrogens with zero attached hydrogens (tertiary/aromatic N) is 2. The molecule has 0 bridgehead atoms. The van der Waals surface area contributed by atoms with Gasteiger partial charge in [0.1, 0.15) is 38.5 Å². The lowest BCUT2D eigenvalue weighted by atomic mass is 9.91. The highest BCUT2D eigenvalue weighted by atomic mass is 31.2. The first-order valence-corrected chi connectivity index (χ1v) is 49.1. The highest BCUT2D eigenvalue weighted by Gasteiger charge is 2.25. The molecule has 14 nitrogen and oxygen atoms in total. The Hall–Kier alpha value is -0.0200. The summed E-state index contributed by atoms with van der Waals surface area (Å²) in [5.74, 6) is 7.98. The molecule has 0 aromatic rings. The van der Waals surface area contributed by atoms with Crippen LogP contribution >= 0.6 is 15.6 Å². The van der Waals surface area contributed by atoms with Crippen LogP contribution in [0.4, 0.5) is 0 Å². The molecule has 0 aromatic heterocycles. The minimum absolute atomic E-state index is 0.0865. The summed E-state index contributed by atoms with van der Waals surface area (Å²) in [6.45, 7) is 27.9. The summed E-state index contributed by atoms with van der Waals surface area (Å²) in [5.41, 5.74) is 0. The Balaban J connectivity index is 2.11. The minimum Gasteiger partial charge on any atom is -0.756 e. The molecule has 2 unspecified atom stereocenters. The number of likely N-dealkylation sites (N-methyl/N-ethyl adjacent to an activating group) is 2. The van der Waals surface area contributed by atoms with E-state index in [2.05, 4.69) is 69.2 Å². The molecule has 107 heavy (non-hydrogen) atoms. The van der Waals surface area contributed by atoms with Gasteiger partial charge in [-0.2, -0.15) is 0 Å². The summed E-state index contributed by atoms with van der Waals surface area (Å²) in [7, 11) is 3.16. The van der Waals surface area contributed by atoms with Crippen molar-refractivity contribution in [2.75, 3.05) is 121 Å². The molecule has 0 amide bonds. The van der Waals surface area contributed by atoms with E-state index in [1.807, 2.05) is 42.3 Å². The Morgan fingerprint density at radius 3 is 0.794 bits per heavy atom. The summed E-state index contributed by atoms with van der Waals surface area (Å²) >= 11 is 0. The summed E-state index contributed by atoms with van der Waals surface area (Å²) in [6, 6.07) is 0. The first-order valence-electron chi connectivity index (χ1n) is 46.2. The van der Waals surface area contributed by atoms with Crippen LogP contribution in [0.15, 0.2) is 0 Å². The number of ether oxygens (including phenoxy) is 4. The Labute approximate surface area is 666 Å². The maximum Gasteiger partial charge on any atom is 0.268 e. The number of unbranched alkanes of at least 4 members (excludes halogenated alkanes) is 24. The van der Waals surface area contributed by atoms with Gasteiger partial charge in [-0.1, -0.05) is 365 Å². The molecule has 0 aliphatic heterocycles. The standard InChI is InChI=1S/C91H186N2O12P2/c1-80(2)49-43-51-82(5)53-45-55-84(7)57-47-59-86(9)65-71-100-90(78-104-106(94,95)102-73-67-92(11,12)13)76-98-69-41-37-33-29-25-21-17-19-23-27-31-35-39-61-88-63-64-89(75-88)62-40-36-32-28-24-20-18-22-26-30-34-38-42-70-99-77-91(79-105-107(96,97)103-74-68-93(14,15)16)101-72-66-87(10)60-48-58-85(8)56-46-54-83(6)52-44-50-81(3)4/h80-91H,17-79H2,1-16H3/t82-,83-,84-,85-,86-,87-,88-,89+,90+,91-/m1/s1. The van der Waals surface area contributed by atoms with Crippen molar-refractivity contribution >= 4 is 15.6 Å². The van der Waals surface area contributed by atoms with Crippen LogP contribution in [-0.2, 0) is 46.2 Å². The summed E-state index contributed by atoms with van der Waals surface area (Å²) < 4.78 is 72.2. The van der Waals surface area contributed by atoms with Crippen LogP contribution in [0.3, 0.4) is 0 Å². The summed E-state index contributed by atoms with van der Waals surface area (Å²) in [4.78, 5) is 25.3. The van der Waals surface area contributed by atoms with Crippen LogP contribution in [0.1, 0.15) is 397 Å². The number of hydrogen-bond donors (Lipinski definition) is 0. The predicted molar refractivity (Wildman–Crippen MR) is 453 cm³/mol. The lowest BCUT2D eigenvalue weighted by Crippen LogP contribution is -2.37. The van der Waals surface area contributed by atoms with Crippen LogP contribution in [0.2, 0.25) is 0 Å². The zero-order valence-electron chi connectivity index (χ0n) is 74.2. The normalized spacial score (nSPS) is 18.1. The van der Waals surface area contributed by atoms with Gasteiger partial charge >= 0.3 is 0 Å². The molecular formula is C91H186N2O12P2. The quantitative estimate of drug-likeness (QED) is 0.0323. The summed E-state index contributed by atoms with van der Waals surface area (Å²) in [6.07, 6.45) is 66.6. The van der Waals surface area contributed by atoms with Gasteiger partial charge in [-0.15, -0.1) is 0 Å². The number of hydrogen-bond acceptors (Lipinski definition) is 12. The number of phosphoric ester groups is 2. The van der Waals surface area contributed by atoms with Gasteiger partial charge < -0.3 is 55.8 Å². The van der Waals surface area contributed by atoms with E-state index >= 15 is 0 Å². The van der Waals surface area contributed by atoms with E-state index in [0.29, 0.717) is 73.5 Å². The Morgan fingerprint density at radius 2 is 0.533 bits per heavy atom. The van der Waals surface area contributed by atoms with E-state index < -0.39 is 27.9 Å². The van der Waals surface area contributed by atoms with Crippen molar-refractivity contribution in [2.45, 2.75) is 409 Å². The maximum absolute atomic E-state index is 12.6. The molecule has 1 rings (SSSR count). The molecule has 0 spiro atoms. The third-order valence-electron chi connectivity index (χ3n) is 23.4. The van der Waals surface area contributed by atoms with Crippen molar-refractivity contribution in [1.82, 2.24) is 0 Å². The highest BCUT2D eigenvalue weighted by Crippen LogP contribution is 2.40. The molecule has 0 heterocycles. The first-order chi connectivity index (χ1) is 51.0. The van der Waals surface area contributed by atoms with E-state index in [9.17, 15) is 18.9 Å². The third kappa shape index (κ3) is 73.4. The molecule has 1 aliphatic carbocycles. The second-order valence-electron chi connectivity index (χ2n) is 38.2. The SMILES string of the molecule is CC(C)CCC[C@@H](C)CCC[C@@H](C)CCC[C@@H](C)CCO[C@H](COCCCCCCCCCCCCCCC[C@H]1CC[C@@H](CCCCCCCCCCCCCCCOC[C@@H](COP(=O)([O-])OCC[N+](C)(C)C)OCC[C@H](C)CCC[C@H](C)CCC[C@H](C)CCCC(C)C)C1)COP(=O)([O-])OCC[N+](C)(C)C. The average Bonchev–Trinajstić information content (AvgIpc) is 1.90. The van der Waals surface area contributed by atoms with Crippen molar-refractivity contribution < 1.29 is 64.9 Å². The van der Waals surface area contributed by atoms with Gasteiger partial charge in [0, 0.05) is 26.4 Å². The van der Waals surface area contributed by atoms with Crippen LogP contribution < -0.4 is 9.79 Å². The topological polar surface area (TPSA) is 154 Å². The smallest absolute Gasteiger partial charge is 0.268 e. The van der Waals surface area contributed by atoms with Crippen LogP contribution in [-0.4, -0.2) is 143 Å². The molecule has 1 fully saturated rings. The second-order valence-corrected chi connectivity index (χ2v) is 41.0. The van der Waals surface area contributed by atoms with Crippen LogP contribution in [0.5, 0.6) is 0 Å². The van der Waals surface area contributed by atoms with Gasteiger partial charge in [0.05, 0.1) is 68.7 Å². The highest BCUT2D eigenvalue weighted by molar-refractivity contribution is 7.46. The molecule has 0 aromatic carbocycles. The minimum atomic E-state index is -4.44. The van der Waals surface area contributed by atoms with E-state index in [-0.39, 0.29) is 26.4 Å². The molecule has 0 saturated heterocycles. The summed E-state index contributed by atoms with van der Waals surface area (Å²) in [5, 5.41) is 0. The third-order valence-corrected chi connectivity index (χ3v) is 25.3. The Morgan fingerprint density at radius 1 is 0.290 bits per heavy atom. The van der Waals surface area contributed by atoms with Crippen molar-refractivity contribution in [1.29, 1.82) is 0 Å². The van der Waals surface area contributed by atoms with E-state index in [1.165, 1.54) is 289 Å². The molecule has 0 radical (unpaired) electrons. The van der Waals surface area contributed by atoms with Crippen molar-refractivity contribution in [3.63, 3.8) is 0 Å². The fourth-order valence-electron chi connectivity index (χ4n) is 15.6. The number of rotatable bonds is 82. The van der Waals surface area contributed by atoms with Crippen LogP contribution in [0.25, 0.3) is 0 Å². The number of phosphoric acid groups is 2. The lowest BCUT2D eigenvalue weighted by Gasteiger charge is -2.28. The molecule has 12 atom stereocenters. The largest absolute Gasteiger partial charge is 0.756 e. The van der Waals surface area contributed by atoms with Gasteiger partial charge in [0.25, 0.3) is 15.6 Å². The molecule has 1 aliphatic rings. The fourth-order valence-corrected chi connectivity index (χ4v) is 17.1. The molecule has 642 valence electrons. The van der Waals surface area contributed by atoms with E-state index in [0.717, 1.165) is 85.9 Å². The Bertz CT molecular complexity index is 1890. The molecule has 16 heteroatoms. The second kappa shape index (κ2) is 68.1. The molecule has 1 saturated carbocycles. The van der Waals surface area contributed by atoms with E-state index in [4.69, 9.17) is 37.0 Å². The lowest BCUT2D eigenvalue weighted by molar-refractivity contribution is -0.870.